The predicted molar refractivity (Wildman–Crippen MR) is 79.6 cm³/mol. The summed E-state index contributed by atoms with van der Waals surface area (Å²) in [6.07, 6.45) is 4.53. The molecule has 2 unspecified atom stereocenters. The number of para-hydroxylation sites is 1. The summed E-state index contributed by atoms with van der Waals surface area (Å²) >= 11 is 6.36. The van der Waals surface area contributed by atoms with Gasteiger partial charge in [0.15, 0.2) is 0 Å². The van der Waals surface area contributed by atoms with Gasteiger partial charge in [0.2, 0.25) is 0 Å². The van der Waals surface area contributed by atoms with Crippen molar-refractivity contribution in [3.05, 3.63) is 29.0 Å². The Morgan fingerprint density at radius 1 is 1.42 bits per heavy atom. The Bertz CT molecular complexity index is 590. The third-order valence-electron chi connectivity index (χ3n) is 4.10. The van der Waals surface area contributed by atoms with E-state index in [1.807, 2.05) is 18.2 Å². The molecule has 19 heavy (non-hydrogen) atoms. The van der Waals surface area contributed by atoms with E-state index in [-0.39, 0.29) is 6.04 Å². The van der Waals surface area contributed by atoms with Crippen molar-refractivity contribution in [2.24, 2.45) is 5.73 Å². The molecule has 0 bridgehead atoms. The Morgan fingerprint density at radius 2 is 2.26 bits per heavy atom. The molecular formula is C15H20ClN3. The van der Waals surface area contributed by atoms with Gasteiger partial charge in [-0.1, -0.05) is 31.0 Å². The van der Waals surface area contributed by atoms with E-state index in [0.29, 0.717) is 5.92 Å². The lowest BCUT2D eigenvalue weighted by molar-refractivity contribution is 0.538. The quantitative estimate of drug-likeness (QED) is 0.930. The number of hydrogen-bond donors (Lipinski definition) is 1. The Balaban J connectivity index is 2.17. The van der Waals surface area contributed by atoms with Crippen LogP contribution in [0.25, 0.3) is 11.0 Å². The second-order valence-electron chi connectivity index (χ2n) is 5.43. The Labute approximate surface area is 118 Å². The molecular weight excluding hydrogens is 258 g/mol. The van der Waals surface area contributed by atoms with Gasteiger partial charge in [-0.2, -0.15) is 0 Å². The molecule has 3 rings (SSSR count). The molecule has 0 aliphatic heterocycles. The highest BCUT2D eigenvalue weighted by molar-refractivity contribution is 6.35. The van der Waals surface area contributed by atoms with Crippen LogP contribution in [0.5, 0.6) is 0 Å². The van der Waals surface area contributed by atoms with Gasteiger partial charge in [0, 0.05) is 18.5 Å². The second kappa shape index (κ2) is 5.14. The molecule has 1 aliphatic rings. The average Bonchev–Trinajstić information content (AvgIpc) is 2.95. The van der Waals surface area contributed by atoms with Crippen molar-refractivity contribution in [2.75, 3.05) is 0 Å². The average molecular weight is 278 g/mol. The lowest BCUT2D eigenvalue weighted by atomic mass is 10.0. The van der Waals surface area contributed by atoms with Gasteiger partial charge in [-0.25, -0.2) is 4.98 Å². The van der Waals surface area contributed by atoms with Crippen molar-refractivity contribution < 1.29 is 0 Å². The maximum Gasteiger partial charge on any atom is 0.114 e. The highest BCUT2D eigenvalue weighted by Crippen LogP contribution is 2.36. The summed E-state index contributed by atoms with van der Waals surface area (Å²) in [5.41, 5.74) is 8.31. The van der Waals surface area contributed by atoms with E-state index in [1.54, 1.807) is 0 Å². The van der Waals surface area contributed by atoms with Crippen LogP contribution >= 0.6 is 11.6 Å². The van der Waals surface area contributed by atoms with Crippen LogP contribution in [0.2, 0.25) is 5.02 Å². The maximum absolute atomic E-state index is 6.36. The number of rotatable bonds is 3. The lowest BCUT2D eigenvalue weighted by Crippen LogP contribution is -2.25. The van der Waals surface area contributed by atoms with Crippen molar-refractivity contribution in [3.63, 3.8) is 0 Å². The molecule has 2 atom stereocenters. The van der Waals surface area contributed by atoms with Gasteiger partial charge in [-0.3, -0.25) is 0 Å². The zero-order chi connectivity index (χ0) is 13.4. The number of fused-ring (bicyclic) bond motifs is 1. The molecule has 0 saturated heterocycles. The molecule has 1 heterocycles. The number of imidazole rings is 1. The first kappa shape index (κ1) is 12.9. The topological polar surface area (TPSA) is 43.8 Å². The number of hydrogen-bond acceptors (Lipinski definition) is 2. The summed E-state index contributed by atoms with van der Waals surface area (Å²) in [4.78, 5) is 4.82. The monoisotopic (exact) mass is 277 g/mol. The SMILES string of the molecule is CCCn1c(C2CCCC2N)nc2cccc(Cl)c21. The van der Waals surface area contributed by atoms with Crippen LogP contribution in [0.1, 0.15) is 44.3 Å². The highest BCUT2D eigenvalue weighted by Gasteiger charge is 2.30. The minimum atomic E-state index is 0.242. The van der Waals surface area contributed by atoms with Gasteiger partial charge >= 0.3 is 0 Å². The van der Waals surface area contributed by atoms with Crippen LogP contribution in [-0.2, 0) is 6.54 Å². The van der Waals surface area contributed by atoms with Crippen molar-refractivity contribution in [1.82, 2.24) is 9.55 Å². The van der Waals surface area contributed by atoms with Gasteiger partial charge in [0.05, 0.1) is 16.1 Å². The standard InChI is InChI=1S/C15H20ClN3/c1-2-9-19-14-11(16)6-4-8-13(14)18-15(19)10-5-3-7-12(10)17/h4,6,8,10,12H,2-3,5,7,9,17H2,1H3. The number of halogens is 1. The van der Waals surface area contributed by atoms with Crippen molar-refractivity contribution in [2.45, 2.75) is 51.1 Å². The van der Waals surface area contributed by atoms with E-state index in [1.165, 1.54) is 6.42 Å². The molecule has 4 heteroatoms. The summed E-state index contributed by atoms with van der Waals surface area (Å²) in [7, 11) is 0. The summed E-state index contributed by atoms with van der Waals surface area (Å²) < 4.78 is 2.29. The minimum Gasteiger partial charge on any atom is -0.327 e. The largest absolute Gasteiger partial charge is 0.327 e. The second-order valence-corrected chi connectivity index (χ2v) is 5.84. The smallest absolute Gasteiger partial charge is 0.114 e. The summed E-state index contributed by atoms with van der Waals surface area (Å²) in [6.45, 7) is 3.14. The molecule has 1 aromatic carbocycles. The van der Waals surface area contributed by atoms with Gasteiger partial charge < -0.3 is 10.3 Å². The molecule has 0 amide bonds. The van der Waals surface area contributed by atoms with Crippen molar-refractivity contribution in [1.29, 1.82) is 0 Å². The third-order valence-corrected chi connectivity index (χ3v) is 4.40. The zero-order valence-corrected chi connectivity index (χ0v) is 12.0. The first-order valence-corrected chi connectivity index (χ1v) is 7.50. The lowest BCUT2D eigenvalue weighted by Gasteiger charge is -2.17. The number of nitrogens with zero attached hydrogens (tertiary/aromatic N) is 2. The third kappa shape index (κ3) is 2.15. The molecule has 1 fully saturated rings. The molecule has 2 aromatic rings. The van der Waals surface area contributed by atoms with Crippen molar-refractivity contribution in [3.8, 4) is 0 Å². The van der Waals surface area contributed by atoms with E-state index >= 15 is 0 Å². The highest BCUT2D eigenvalue weighted by atomic mass is 35.5. The van der Waals surface area contributed by atoms with Crippen LogP contribution in [0, 0.1) is 0 Å². The van der Waals surface area contributed by atoms with Crippen LogP contribution < -0.4 is 5.73 Å². The van der Waals surface area contributed by atoms with E-state index in [4.69, 9.17) is 22.3 Å². The molecule has 3 nitrogen and oxygen atoms in total. The molecule has 102 valence electrons. The first-order valence-electron chi connectivity index (χ1n) is 7.12. The fourth-order valence-electron chi connectivity index (χ4n) is 3.20. The van der Waals surface area contributed by atoms with Crippen LogP contribution in [0.4, 0.5) is 0 Å². The number of aromatic nitrogens is 2. The van der Waals surface area contributed by atoms with Crippen LogP contribution in [-0.4, -0.2) is 15.6 Å². The zero-order valence-electron chi connectivity index (χ0n) is 11.3. The normalized spacial score (nSPS) is 23.3. The Morgan fingerprint density at radius 3 is 2.95 bits per heavy atom. The fourth-order valence-corrected chi connectivity index (χ4v) is 3.47. The Kier molecular flexibility index (Phi) is 3.50. The first-order chi connectivity index (χ1) is 9.22. The van der Waals surface area contributed by atoms with Gasteiger partial charge in [-0.05, 0) is 31.4 Å². The molecule has 2 N–H and O–H groups in total. The summed E-state index contributed by atoms with van der Waals surface area (Å²) in [5.74, 6) is 1.52. The molecule has 1 aliphatic carbocycles. The fraction of sp³-hybridized carbons (Fsp3) is 0.533. The van der Waals surface area contributed by atoms with Crippen LogP contribution in [0.3, 0.4) is 0 Å². The van der Waals surface area contributed by atoms with Crippen LogP contribution in [0.15, 0.2) is 18.2 Å². The van der Waals surface area contributed by atoms with E-state index in [0.717, 1.165) is 47.7 Å². The van der Waals surface area contributed by atoms with Crippen molar-refractivity contribution >= 4 is 22.6 Å². The van der Waals surface area contributed by atoms with E-state index < -0.39 is 0 Å². The molecule has 0 radical (unpaired) electrons. The summed E-state index contributed by atoms with van der Waals surface area (Å²) in [5, 5.41) is 0.788. The van der Waals surface area contributed by atoms with Gasteiger partial charge in [0.25, 0.3) is 0 Å². The number of nitrogens with two attached hydrogens (primary N) is 1. The molecule has 1 aromatic heterocycles. The summed E-state index contributed by atoms with van der Waals surface area (Å²) in [6, 6.07) is 6.19. The molecule has 0 spiro atoms. The predicted octanol–water partition coefficient (Wildman–Crippen LogP) is 3.69. The van der Waals surface area contributed by atoms with Gasteiger partial charge in [-0.15, -0.1) is 0 Å². The molecule has 1 saturated carbocycles. The maximum atomic E-state index is 6.36. The Hall–Kier alpha value is -1.06. The van der Waals surface area contributed by atoms with E-state index in [2.05, 4.69) is 11.5 Å². The van der Waals surface area contributed by atoms with E-state index in [9.17, 15) is 0 Å². The number of aryl methyl sites for hydroxylation is 1. The number of benzene rings is 1. The van der Waals surface area contributed by atoms with Gasteiger partial charge in [0.1, 0.15) is 5.82 Å². The minimum absolute atomic E-state index is 0.242.